The minimum absolute atomic E-state index is 0.197. The molecule has 0 bridgehead atoms. The minimum Gasteiger partial charge on any atom is -0.508 e. The van der Waals surface area contributed by atoms with Gasteiger partial charge >= 0.3 is 0 Å². The third-order valence-electron chi connectivity index (χ3n) is 4.43. The summed E-state index contributed by atoms with van der Waals surface area (Å²) in [5.41, 5.74) is 3.68. The van der Waals surface area contributed by atoms with Crippen LogP contribution in [0.25, 0.3) is 11.0 Å². The largest absolute Gasteiger partial charge is 0.508 e. The predicted octanol–water partition coefficient (Wildman–Crippen LogP) is 3.08. The number of phenols is 1. The van der Waals surface area contributed by atoms with Crippen LogP contribution in [0.4, 0.5) is 0 Å². The molecule has 1 atom stereocenters. The summed E-state index contributed by atoms with van der Waals surface area (Å²) in [5.74, 6) is 0.530. The molecule has 4 rings (SSSR count). The molecule has 3 N–H and O–H groups in total. The molecule has 0 spiro atoms. The third-order valence-corrected chi connectivity index (χ3v) is 4.43. The van der Waals surface area contributed by atoms with Crippen LogP contribution >= 0.6 is 0 Å². The van der Waals surface area contributed by atoms with Gasteiger partial charge in [0.2, 0.25) is 0 Å². The first-order chi connectivity index (χ1) is 13.6. The van der Waals surface area contributed by atoms with Crippen LogP contribution in [0.2, 0.25) is 0 Å². The van der Waals surface area contributed by atoms with Crippen LogP contribution in [-0.2, 0) is 6.42 Å². The Labute approximate surface area is 161 Å². The summed E-state index contributed by atoms with van der Waals surface area (Å²) in [6.45, 7) is 1.82. The number of amides is 1. The molecule has 2 heterocycles. The second kappa shape index (κ2) is 7.48. The van der Waals surface area contributed by atoms with Crippen molar-refractivity contribution in [1.82, 2.24) is 25.3 Å². The summed E-state index contributed by atoms with van der Waals surface area (Å²) in [4.78, 5) is 28.9. The van der Waals surface area contributed by atoms with Gasteiger partial charge in [-0.25, -0.2) is 9.97 Å². The van der Waals surface area contributed by atoms with Gasteiger partial charge in [-0.1, -0.05) is 24.3 Å². The number of phenolic OH excluding ortho intramolecular Hbond substituents is 1. The first kappa shape index (κ1) is 17.7. The molecular formula is C21H19N5O2. The molecule has 2 aromatic heterocycles. The van der Waals surface area contributed by atoms with Crippen LogP contribution in [-0.4, -0.2) is 30.9 Å². The van der Waals surface area contributed by atoms with E-state index in [2.05, 4.69) is 25.3 Å². The first-order valence-electron chi connectivity index (χ1n) is 8.90. The van der Waals surface area contributed by atoms with Gasteiger partial charge in [0.1, 0.15) is 17.3 Å². The second-order valence-electron chi connectivity index (χ2n) is 6.58. The molecule has 140 valence electrons. The van der Waals surface area contributed by atoms with E-state index >= 15 is 0 Å². The number of hydrogen-bond donors (Lipinski definition) is 3. The number of aromatic amines is 1. The second-order valence-corrected chi connectivity index (χ2v) is 6.58. The van der Waals surface area contributed by atoms with Crippen molar-refractivity contribution in [3.63, 3.8) is 0 Å². The fraction of sp³-hybridized carbons (Fsp3) is 0.143. The van der Waals surface area contributed by atoms with Crippen molar-refractivity contribution in [3.8, 4) is 5.75 Å². The normalized spacial score (nSPS) is 12.0. The molecule has 28 heavy (non-hydrogen) atoms. The van der Waals surface area contributed by atoms with Gasteiger partial charge in [-0.05, 0) is 43.2 Å². The highest BCUT2D eigenvalue weighted by molar-refractivity contribution is 5.92. The van der Waals surface area contributed by atoms with Crippen molar-refractivity contribution in [2.75, 3.05) is 0 Å². The maximum absolute atomic E-state index is 12.7. The average Bonchev–Trinajstić information content (AvgIpc) is 3.14. The molecule has 0 aliphatic carbocycles. The number of fused-ring (bicyclic) bond motifs is 1. The number of aryl methyl sites for hydroxylation is 1. The number of hydrogen-bond acceptors (Lipinski definition) is 5. The Hall–Kier alpha value is -3.74. The van der Waals surface area contributed by atoms with Crippen LogP contribution in [0.1, 0.15) is 33.6 Å². The highest BCUT2D eigenvalue weighted by atomic mass is 16.3. The number of benzene rings is 2. The monoisotopic (exact) mass is 373 g/mol. The van der Waals surface area contributed by atoms with E-state index in [1.165, 1.54) is 6.20 Å². The summed E-state index contributed by atoms with van der Waals surface area (Å²) in [7, 11) is 0. The van der Waals surface area contributed by atoms with Crippen molar-refractivity contribution < 1.29 is 9.90 Å². The van der Waals surface area contributed by atoms with Crippen LogP contribution in [0, 0.1) is 6.92 Å². The van der Waals surface area contributed by atoms with E-state index in [1.54, 1.807) is 18.3 Å². The summed E-state index contributed by atoms with van der Waals surface area (Å²) >= 11 is 0. The number of nitrogens with zero attached hydrogens (tertiary/aromatic N) is 3. The number of H-pyrrole nitrogens is 1. The van der Waals surface area contributed by atoms with Crippen molar-refractivity contribution in [2.24, 2.45) is 0 Å². The lowest BCUT2D eigenvalue weighted by molar-refractivity contribution is 0.0929. The zero-order valence-electron chi connectivity index (χ0n) is 15.3. The molecule has 2 aromatic carbocycles. The zero-order valence-corrected chi connectivity index (χ0v) is 15.3. The third kappa shape index (κ3) is 3.83. The van der Waals surface area contributed by atoms with E-state index in [0.717, 1.165) is 22.3 Å². The van der Waals surface area contributed by atoms with E-state index in [0.29, 0.717) is 12.2 Å². The number of aromatic hydroxyl groups is 1. The van der Waals surface area contributed by atoms with Crippen molar-refractivity contribution in [1.29, 1.82) is 0 Å². The first-order valence-corrected chi connectivity index (χ1v) is 8.90. The molecular weight excluding hydrogens is 354 g/mol. The summed E-state index contributed by atoms with van der Waals surface area (Å²) in [6, 6.07) is 14.2. The molecule has 0 unspecified atom stereocenters. The number of imidazole rings is 1. The lowest BCUT2D eigenvalue weighted by Gasteiger charge is -2.17. The lowest BCUT2D eigenvalue weighted by atomic mass is 10.0. The molecule has 4 aromatic rings. The quantitative estimate of drug-likeness (QED) is 0.499. The molecule has 0 aliphatic rings. The van der Waals surface area contributed by atoms with E-state index < -0.39 is 6.04 Å². The SMILES string of the molecule is Cc1cnc(C(=O)N[C@@H](Cc2ccc(O)cc2)c2nc3ccccc3[nH]2)cn1. The highest BCUT2D eigenvalue weighted by Crippen LogP contribution is 2.21. The van der Waals surface area contributed by atoms with Crippen LogP contribution in [0.5, 0.6) is 5.75 Å². The Morgan fingerprint density at radius 1 is 1.11 bits per heavy atom. The molecule has 7 nitrogen and oxygen atoms in total. The maximum Gasteiger partial charge on any atom is 0.272 e. The Morgan fingerprint density at radius 3 is 2.61 bits per heavy atom. The van der Waals surface area contributed by atoms with E-state index in [4.69, 9.17) is 0 Å². The molecule has 0 aliphatic heterocycles. The van der Waals surface area contributed by atoms with E-state index in [1.807, 2.05) is 43.3 Å². The van der Waals surface area contributed by atoms with Crippen molar-refractivity contribution in [3.05, 3.63) is 83.7 Å². The summed E-state index contributed by atoms with van der Waals surface area (Å²) in [6.07, 6.45) is 3.52. The molecule has 0 radical (unpaired) electrons. The zero-order chi connectivity index (χ0) is 19.5. The molecule has 0 saturated carbocycles. The van der Waals surface area contributed by atoms with Crippen LogP contribution in [0.3, 0.4) is 0 Å². The number of rotatable bonds is 5. The molecule has 1 amide bonds. The summed E-state index contributed by atoms with van der Waals surface area (Å²) < 4.78 is 0. The Morgan fingerprint density at radius 2 is 1.89 bits per heavy atom. The van der Waals surface area contributed by atoms with Crippen LogP contribution in [0.15, 0.2) is 60.9 Å². The predicted molar refractivity (Wildman–Crippen MR) is 105 cm³/mol. The Kier molecular flexibility index (Phi) is 4.72. The van der Waals surface area contributed by atoms with Gasteiger partial charge in [-0.3, -0.25) is 9.78 Å². The van der Waals surface area contributed by atoms with Gasteiger partial charge in [-0.2, -0.15) is 0 Å². The smallest absolute Gasteiger partial charge is 0.272 e. The topological polar surface area (TPSA) is 104 Å². The number of carbonyl (C=O) groups is 1. The van der Waals surface area contributed by atoms with Gasteiger partial charge < -0.3 is 15.4 Å². The van der Waals surface area contributed by atoms with Crippen molar-refractivity contribution >= 4 is 16.9 Å². The molecule has 0 fully saturated rings. The summed E-state index contributed by atoms with van der Waals surface area (Å²) in [5, 5.41) is 12.5. The number of nitrogens with one attached hydrogen (secondary N) is 2. The maximum atomic E-state index is 12.7. The number of carbonyl (C=O) groups excluding carboxylic acids is 1. The minimum atomic E-state index is -0.396. The van der Waals surface area contributed by atoms with Gasteiger partial charge in [-0.15, -0.1) is 0 Å². The average molecular weight is 373 g/mol. The van der Waals surface area contributed by atoms with Crippen LogP contribution < -0.4 is 5.32 Å². The van der Waals surface area contributed by atoms with Crippen molar-refractivity contribution in [2.45, 2.75) is 19.4 Å². The van der Waals surface area contributed by atoms with Gasteiger partial charge in [0, 0.05) is 6.20 Å². The molecule has 7 heteroatoms. The fourth-order valence-corrected chi connectivity index (χ4v) is 2.96. The lowest BCUT2D eigenvalue weighted by Crippen LogP contribution is -2.31. The van der Waals surface area contributed by atoms with E-state index in [9.17, 15) is 9.90 Å². The number of para-hydroxylation sites is 2. The number of aromatic nitrogens is 4. The highest BCUT2D eigenvalue weighted by Gasteiger charge is 2.21. The standard InChI is InChI=1S/C21H19N5O2/c1-13-11-23-19(12-22-13)21(28)26-18(10-14-6-8-15(27)9-7-14)20-24-16-4-2-3-5-17(16)25-20/h2-9,11-12,18,27H,10H2,1H3,(H,24,25)(H,26,28)/t18-/m0/s1. The van der Waals surface area contributed by atoms with E-state index in [-0.39, 0.29) is 17.4 Å². The Bertz CT molecular complexity index is 1070. The van der Waals surface area contributed by atoms with Gasteiger partial charge in [0.15, 0.2) is 0 Å². The Balaban J connectivity index is 1.64. The molecule has 0 saturated heterocycles. The van der Waals surface area contributed by atoms with Gasteiger partial charge in [0.05, 0.1) is 29.0 Å². The fourth-order valence-electron chi connectivity index (χ4n) is 2.96. The van der Waals surface area contributed by atoms with Gasteiger partial charge in [0.25, 0.3) is 5.91 Å².